The first-order chi connectivity index (χ1) is 13.2. The van der Waals surface area contributed by atoms with Crippen LogP contribution in [-0.2, 0) is 4.74 Å². The average molecular weight is 437 g/mol. The fraction of sp³-hybridized carbons (Fsp3) is 0.667. The summed E-state index contributed by atoms with van der Waals surface area (Å²) >= 11 is 3.51. The average Bonchev–Trinajstić information content (AvgIpc) is 3.43. The van der Waals surface area contributed by atoms with Crippen LogP contribution in [0.25, 0.3) is 0 Å². The van der Waals surface area contributed by atoms with Crippen LogP contribution >= 0.6 is 15.9 Å². The van der Waals surface area contributed by atoms with Gasteiger partial charge in [-0.1, -0.05) is 28.1 Å². The number of ether oxygens (including phenoxy) is 1. The van der Waals surface area contributed by atoms with E-state index in [0.29, 0.717) is 18.0 Å². The van der Waals surface area contributed by atoms with Gasteiger partial charge < -0.3 is 20.3 Å². The summed E-state index contributed by atoms with van der Waals surface area (Å²) in [6.07, 6.45) is 4.66. The Morgan fingerprint density at radius 2 is 1.96 bits per heavy atom. The number of methoxy groups -OCH3 is 1. The maximum absolute atomic E-state index is 5.16. The van der Waals surface area contributed by atoms with E-state index in [-0.39, 0.29) is 0 Å². The molecular formula is C21H33BrN4O. The molecule has 2 aliphatic rings. The maximum Gasteiger partial charge on any atom is 0.191 e. The molecule has 5 nitrogen and oxygen atoms in total. The highest BCUT2D eigenvalue weighted by Gasteiger charge is 2.39. The summed E-state index contributed by atoms with van der Waals surface area (Å²) in [6, 6.07) is 9.72. The van der Waals surface area contributed by atoms with Crippen molar-refractivity contribution in [3.8, 4) is 0 Å². The van der Waals surface area contributed by atoms with Crippen molar-refractivity contribution in [1.82, 2.24) is 15.5 Å². The third kappa shape index (κ3) is 6.47. The minimum atomic E-state index is 0.498. The summed E-state index contributed by atoms with van der Waals surface area (Å²) in [5.74, 6) is 1.59. The van der Waals surface area contributed by atoms with Crippen LogP contribution in [0.1, 0.15) is 44.1 Å². The molecule has 2 fully saturated rings. The number of aliphatic imine (C=N–C) groups is 1. The molecule has 1 saturated heterocycles. The van der Waals surface area contributed by atoms with Crippen LogP contribution in [0.3, 0.4) is 0 Å². The van der Waals surface area contributed by atoms with Crippen LogP contribution in [0.4, 0.5) is 0 Å². The van der Waals surface area contributed by atoms with Crippen molar-refractivity contribution in [2.24, 2.45) is 4.99 Å². The lowest BCUT2D eigenvalue weighted by Gasteiger charge is -2.33. The van der Waals surface area contributed by atoms with Crippen LogP contribution in [0.5, 0.6) is 0 Å². The Morgan fingerprint density at radius 3 is 2.63 bits per heavy atom. The van der Waals surface area contributed by atoms with Crippen molar-refractivity contribution in [1.29, 1.82) is 0 Å². The van der Waals surface area contributed by atoms with Gasteiger partial charge in [0.1, 0.15) is 0 Å². The van der Waals surface area contributed by atoms with Gasteiger partial charge in [-0.3, -0.25) is 4.99 Å². The van der Waals surface area contributed by atoms with Crippen molar-refractivity contribution in [3.63, 3.8) is 0 Å². The minimum Gasteiger partial charge on any atom is -0.385 e. The Hall–Kier alpha value is -1.11. The third-order valence-electron chi connectivity index (χ3n) is 5.48. The van der Waals surface area contributed by atoms with Gasteiger partial charge in [-0.2, -0.15) is 0 Å². The Bertz CT molecular complexity index is 599. The second kappa shape index (κ2) is 10.4. The minimum absolute atomic E-state index is 0.498. The Kier molecular flexibility index (Phi) is 7.97. The first-order valence-electron chi connectivity index (χ1n) is 10.2. The van der Waals surface area contributed by atoms with Crippen molar-refractivity contribution in [2.75, 3.05) is 39.9 Å². The molecule has 3 rings (SSSR count). The van der Waals surface area contributed by atoms with Gasteiger partial charge in [0.05, 0.1) is 0 Å². The molecule has 0 bridgehead atoms. The predicted octanol–water partition coefficient (Wildman–Crippen LogP) is 3.36. The summed E-state index contributed by atoms with van der Waals surface area (Å²) in [7, 11) is 1.78. The molecule has 2 unspecified atom stereocenters. The van der Waals surface area contributed by atoms with Gasteiger partial charge in [0.2, 0.25) is 0 Å². The van der Waals surface area contributed by atoms with E-state index < -0.39 is 0 Å². The van der Waals surface area contributed by atoms with Crippen molar-refractivity contribution < 1.29 is 4.74 Å². The first-order valence-corrected chi connectivity index (χ1v) is 11.0. The molecule has 27 heavy (non-hydrogen) atoms. The molecular weight excluding hydrogens is 404 g/mol. The molecule has 0 spiro atoms. The van der Waals surface area contributed by atoms with E-state index in [2.05, 4.69) is 67.6 Å². The lowest BCUT2D eigenvalue weighted by Crippen LogP contribution is -2.49. The molecule has 1 aromatic carbocycles. The van der Waals surface area contributed by atoms with Crippen LogP contribution < -0.4 is 10.6 Å². The largest absolute Gasteiger partial charge is 0.385 e. The quantitative estimate of drug-likeness (QED) is 0.372. The molecule has 2 atom stereocenters. The van der Waals surface area contributed by atoms with Gasteiger partial charge in [-0.05, 0) is 50.3 Å². The number of halogens is 1. The van der Waals surface area contributed by atoms with E-state index in [1.807, 2.05) is 0 Å². The summed E-state index contributed by atoms with van der Waals surface area (Å²) in [6.45, 7) is 7.22. The van der Waals surface area contributed by atoms with Crippen LogP contribution in [0.15, 0.2) is 33.7 Å². The maximum atomic E-state index is 5.16. The normalized spacial score (nSPS) is 24.0. The van der Waals surface area contributed by atoms with E-state index >= 15 is 0 Å². The van der Waals surface area contributed by atoms with Crippen molar-refractivity contribution >= 4 is 21.9 Å². The molecule has 0 amide bonds. The summed E-state index contributed by atoms with van der Waals surface area (Å²) in [5.41, 5.74) is 1.41. The zero-order chi connectivity index (χ0) is 19.1. The van der Waals surface area contributed by atoms with E-state index in [1.54, 1.807) is 7.11 Å². The van der Waals surface area contributed by atoms with E-state index in [0.717, 1.165) is 49.6 Å². The molecule has 6 heteroatoms. The second-order valence-electron chi connectivity index (χ2n) is 7.57. The number of guanidine groups is 1. The zero-order valence-electron chi connectivity index (χ0n) is 16.6. The number of nitrogens with one attached hydrogen (secondary N) is 2. The fourth-order valence-corrected chi connectivity index (χ4v) is 4.09. The lowest BCUT2D eigenvalue weighted by atomic mass is 10.1. The third-order valence-corrected chi connectivity index (χ3v) is 6.01. The molecule has 2 N–H and O–H groups in total. The number of nitrogens with zero attached hydrogens (tertiary/aromatic N) is 2. The smallest absolute Gasteiger partial charge is 0.191 e. The number of benzene rings is 1. The molecule has 1 aliphatic heterocycles. The summed E-state index contributed by atoms with van der Waals surface area (Å²) in [5, 5.41) is 7.33. The molecule has 1 saturated carbocycles. The van der Waals surface area contributed by atoms with Crippen molar-refractivity contribution in [2.45, 2.75) is 50.6 Å². The highest BCUT2D eigenvalue weighted by Crippen LogP contribution is 2.41. The van der Waals surface area contributed by atoms with E-state index in [4.69, 9.17) is 4.74 Å². The second-order valence-corrected chi connectivity index (χ2v) is 8.49. The topological polar surface area (TPSA) is 48.9 Å². The van der Waals surface area contributed by atoms with Gasteiger partial charge in [0.25, 0.3) is 0 Å². The Balaban J connectivity index is 1.43. The predicted molar refractivity (Wildman–Crippen MR) is 115 cm³/mol. The van der Waals surface area contributed by atoms with Crippen LogP contribution in [0.2, 0.25) is 0 Å². The van der Waals surface area contributed by atoms with Gasteiger partial charge in [0, 0.05) is 62.4 Å². The number of piperidine rings is 1. The summed E-state index contributed by atoms with van der Waals surface area (Å²) in [4.78, 5) is 7.22. The lowest BCUT2D eigenvalue weighted by molar-refractivity contribution is 0.155. The van der Waals surface area contributed by atoms with Crippen molar-refractivity contribution in [3.05, 3.63) is 34.3 Å². The monoisotopic (exact) mass is 436 g/mol. The van der Waals surface area contributed by atoms with E-state index in [9.17, 15) is 0 Å². The Morgan fingerprint density at radius 1 is 1.22 bits per heavy atom. The van der Waals surface area contributed by atoms with Crippen LogP contribution in [-0.4, -0.2) is 62.8 Å². The van der Waals surface area contributed by atoms with Gasteiger partial charge in [-0.15, -0.1) is 0 Å². The first kappa shape index (κ1) is 20.6. The molecule has 1 aliphatic carbocycles. The molecule has 1 aromatic rings. The number of rotatable bonds is 8. The molecule has 0 radical (unpaired) electrons. The highest BCUT2D eigenvalue weighted by molar-refractivity contribution is 9.10. The highest BCUT2D eigenvalue weighted by atomic mass is 79.9. The van der Waals surface area contributed by atoms with E-state index in [1.165, 1.54) is 24.8 Å². The van der Waals surface area contributed by atoms with Gasteiger partial charge in [0.15, 0.2) is 5.96 Å². The number of hydrogen-bond acceptors (Lipinski definition) is 3. The number of hydrogen-bond donors (Lipinski definition) is 2. The molecule has 150 valence electrons. The fourth-order valence-electron chi connectivity index (χ4n) is 3.83. The van der Waals surface area contributed by atoms with Crippen LogP contribution in [0, 0.1) is 0 Å². The molecule has 0 aromatic heterocycles. The van der Waals surface area contributed by atoms with Gasteiger partial charge >= 0.3 is 0 Å². The Labute approximate surface area is 172 Å². The molecule has 1 heterocycles. The standard InChI is InChI=1S/C21H33BrN4O/c1-3-23-21(24-18-9-12-26(13-10-18)11-4-14-27-2)25-20-15-19(20)16-5-7-17(22)8-6-16/h5-8,18-20H,3-4,9-15H2,1-2H3,(H2,23,24,25). The van der Waals surface area contributed by atoms with Gasteiger partial charge in [-0.25, -0.2) is 0 Å². The zero-order valence-corrected chi connectivity index (χ0v) is 18.2. The summed E-state index contributed by atoms with van der Waals surface area (Å²) < 4.78 is 6.30. The SMILES string of the molecule is CCN=C(NC1CCN(CCCOC)CC1)NC1CC1c1ccc(Br)cc1. The number of likely N-dealkylation sites (tertiary alicyclic amines) is 1.